The van der Waals surface area contributed by atoms with Gasteiger partial charge in [-0.1, -0.05) is 84.9 Å². The number of aliphatic imine (C=N–C) groups is 1. The van der Waals surface area contributed by atoms with Gasteiger partial charge in [0.25, 0.3) is 5.91 Å². The summed E-state index contributed by atoms with van der Waals surface area (Å²) in [6.07, 6.45) is 0.318. The maximum atomic E-state index is 14.6. The Morgan fingerprint density at radius 3 is 2.14 bits per heavy atom. The summed E-state index contributed by atoms with van der Waals surface area (Å²) in [6, 6.07) is 36.1. The number of hydrogen-bond acceptors (Lipinski definition) is 6. The van der Waals surface area contributed by atoms with Crippen molar-refractivity contribution in [1.82, 2.24) is 4.90 Å². The van der Waals surface area contributed by atoms with Crippen molar-refractivity contribution in [3.63, 3.8) is 0 Å². The highest BCUT2D eigenvalue weighted by molar-refractivity contribution is 6.01. The van der Waals surface area contributed by atoms with Crippen molar-refractivity contribution in [2.45, 2.75) is 24.5 Å². The van der Waals surface area contributed by atoms with E-state index in [2.05, 4.69) is 36.4 Å². The lowest BCUT2D eigenvalue weighted by Gasteiger charge is -2.37. The molecule has 2 aliphatic rings. The maximum Gasteiger partial charge on any atom is 0.255 e. The molecule has 0 unspecified atom stereocenters. The maximum absolute atomic E-state index is 14.6. The Hall–Kier alpha value is -4.46. The molecule has 4 aromatic rings. The van der Waals surface area contributed by atoms with Crippen LogP contribution in [0.1, 0.15) is 29.2 Å². The number of nitrogens with zero attached hydrogens (tertiary/aromatic N) is 2. The van der Waals surface area contributed by atoms with Crippen LogP contribution in [0, 0.1) is 0 Å². The molecule has 220 valence electrons. The van der Waals surface area contributed by atoms with E-state index >= 15 is 0 Å². The van der Waals surface area contributed by atoms with Crippen LogP contribution < -0.4 is 4.74 Å². The first-order chi connectivity index (χ1) is 21.2. The smallest absolute Gasteiger partial charge is 0.255 e. The summed E-state index contributed by atoms with van der Waals surface area (Å²) in [4.78, 5) is 21.7. The van der Waals surface area contributed by atoms with Gasteiger partial charge in [-0.15, -0.1) is 0 Å². The van der Waals surface area contributed by atoms with E-state index in [1.165, 1.54) is 0 Å². The number of amides is 1. The fraction of sp³-hybridized carbons (Fsp3) is 0.278. The predicted octanol–water partition coefficient (Wildman–Crippen LogP) is 5.47. The molecule has 7 heteroatoms. The number of aliphatic hydroxyl groups excluding tert-OH is 1. The second-order valence-electron chi connectivity index (χ2n) is 10.8. The average Bonchev–Trinajstić information content (AvgIpc) is 3.46. The van der Waals surface area contributed by atoms with Crippen molar-refractivity contribution in [2.75, 3.05) is 39.5 Å². The van der Waals surface area contributed by atoms with Crippen LogP contribution in [0.15, 0.2) is 114 Å². The van der Waals surface area contributed by atoms with Gasteiger partial charge < -0.3 is 24.2 Å². The van der Waals surface area contributed by atoms with E-state index in [1.807, 2.05) is 77.7 Å². The number of morpholine rings is 1. The van der Waals surface area contributed by atoms with Gasteiger partial charge in [-0.05, 0) is 46.5 Å². The fourth-order valence-corrected chi connectivity index (χ4v) is 5.70. The predicted molar refractivity (Wildman–Crippen MR) is 166 cm³/mol. The Morgan fingerprint density at radius 2 is 1.47 bits per heavy atom. The molecular weight excluding hydrogens is 540 g/mol. The average molecular weight is 577 g/mol. The highest BCUT2D eigenvalue weighted by Crippen LogP contribution is 2.44. The zero-order valence-corrected chi connectivity index (χ0v) is 24.1. The van der Waals surface area contributed by atoms with Crippen molar-refractivity contribution in [3.8, 4) is 16.9 Å². The van der Waals surface area contributed by atoms with E-state index in [4.69, 9.17) is 24.3 Å². The third-order valence-electron chi connectivity index (χ3n) is 7.94. The molecule has 1 amide bonds. The molecule has 43 heavy (non-hydrogen) atoms. The molecule has 0 saturated carbocycles. The van der Waals surface area contributed by atoms with Gasteiger partial charge in [-0.3, -0.25) is 4.79 Å². The molecule has 2 aliphatic heterocycles. The second-order valence-corrected chi connectivity index (χ2v) is 10.8. The molecule has 0 spiro atoms. The van der Waals surface area contributed by atoms with Gasteiger partial charge in [0.2, 0.25) is 5.90 Å². The van der Waals surface area contributed by atoms with Crippen molar-refractivity contribution in [3.05, 3.63) is 126 Å². The molecule has 1 fully saturated rings. The Kier molecular flexibility index (Phi) is 8.82. The van der Waals surface area contributed by atoms with Crippen molar-refractivity contribution in [2.24, 2.45) is 4.99 Å². The normalized spacial score (nSPS) is 19.9. The van der Waals surface area contributed by atoms with Gasteiger partial charge in [0.1, 0.15) is 5.75 Å². The van der Waals surface area contributed by atoms with Gasteiger partial charge >= 0.3 is 0 Å². The van der Waals surface area contributed by atoms with Gasteiger partial charge in [-0.25, -0.2) is 4.99 Å². The van der Waals surface area contributed by atoms with Crippen LogP contribution in [0.4, 0.5) is 0 Å². The molecule has 1 N–H and O–H groups in total. The summed E-state index contributed by atoms with van der Waals surface area (Å²) >= 11 is 0. The summed E-state index contributed by atoms with van der Waals surface area (Å²) < 4.78 is 18.0. The lowest BCUT2D eigenvalue weighted by molar-refractivity contribution is -0.143. The van der Waals surface area contributed by atoms with Crippen LogP contribution in [0.25, 0.3) is 11.1 Å². The molecule has 6 rings (SSSR count). The highest BCUT2D eigenvalue weighted by Gasteiger charge is 2.55. The van der Waals surface area contributed by atoms with E-state index in [-0.39, 0.29) is 12.5 Å². The zero-order valence-electron chi connectivity index (χ0n) is 24.1. The number of carbonyl (C=O) groups is 1. The molecular formula is C36H36N2O5. The first kappa shape index (κ1) is 28.6. The number of aliphatic hydroxyl groups is 1. The number of rotatable bonds is 10. The summed E-state index contributed by atoms with van der Waals surface area (Å²) in [7, 11) is 0. The molecule has 0 aromatic heterocycles. The molecule has 0 radical (unpaired) electrons. The first-order valence-corrected chi connectivity index (χ1v) is 14.8. The van der Waals surface area contributed by atoms with E-state index in [9.17, 15) is 4.79 Å². The minimum atomic E-state index is -1.21. The fourth-order valence-electron chi connectivity index (χ4n) is 5.70. The van der Waals surface area contributed by atoms with Crippen LogP contribution in [0.3, 0.4) is 0 Å². The molecule has 1 saturated heterocycles. The van der Waals surface area contributed by atoms with Crippen LogP contribution in [0.5, 0.6) is 5.75 Å². The highest BCUT2D eigenvalue weighted by atomic mass is 16.5. The number of ether oxygens (including phenoxy) is 3. The summed E-state index contributed by atoms with van der Waals surface area (Å²) in [5.41, 5.74) is 3.67. The minimum Gasteiger partial charge on any atom is -0.494 e. The van der Waals surface area contributed by atoms with Crippen LogP contribution in [-0.4, -0.2) is 66.9 Å². The van der Waals surface area contributed by atoms with Gasteiger partial charge in [0, 0.05) is 38.1 Å². The van der Waals surface area contributed by atoms with Crippen LogP contribution >= 0.6 is 0 Å². The van der Waals surface area contributed by atoms with Gasteiger partial charge in [-0.2, -0.15) is 0 Å². The third-order valence-corrected chi connectivity index (χ3v) is 7.94. The second kappa shape index (κ2) is 13.2. The Balaban J connectivity index is 1.41. The first-order valence-electron chi connectivity index (χ1n) is 14.8. The molecule has 2 heterocycles. The largest absolute Gasteiger partial charge is 0.494 e. The van der Waals surface area contributed by atoms with E-state index in [0.717, 1.165) is 27.8 Å². The zero-order chi connectivity index (χ0) is 29.5. The van der Waals surface area contributed by atoms with E-state index in [0.29, 0.717) is 57.4 Å². The summed E-state index contributed by atoms with van der Waals surface area (Å²) in [5, 5.41) is 9.07. The molecule has 0 aliphatic carbocycles. The molecule has 4 aromatic carbocycles. The van der Waals surface area contributed by atoms with Crippen molar-refractivity contribution in [1.29, 1.82) is 0 Å². The Bertz CT molecular complexity index is 1520. The lowest BCUT2D eigenvalue weighted by atomic mass is 9.81. The third kappa shape index (κ3) is 6.33. The molecule has 2 atom stereocenters. The quantitative estimate of drug-likeness (QED) is 0.253. The number of benzene rings is 4. The lowest BCUT2D eigenvalue weighted by Crippen LogP contribution is -2.54. The molecule has 7 nitrogen and oxygen atoms in total. The van der Waals surface area contributed by atoms with Crippen molar-refractivity contribution >= 4 is 11.8 Å². The van der Waals surface area contributed by atoms with E-state index < -0.39 is 11.6 Å². The van der Waals surface area contributed by atoms with Gasteiger partial charge in [0.15, 0.2) is 11.6 Å². The molecule has 0 bridgehead atoms. The van der Waals surface area contributed by atoms with Crippen LogP contribution in [-0.2, 0) is 20.7 Å². The van der Waals surface area contributed by atoms with Crippen LogP contribution in [0.2, 0.25) is 0 Å². The number of hydrogen-bond donors (Lipinski definition) is 1. The summed E-state index contributed by atoms with van der Waals surface area (Å²) in [5.74, 6) is 1.07. The SMILES string of the molecule is O=C(N1CCOCC1)[C@]1(Cc2ccccc2)N=C(c2ccc(OCCCO)cc2)O[C@@H]1c1ccc(-c2ccccc2)cc1. The Morgan fingerprint density at radius 1 is 0.837 bits per heavy atom. The standard InChI is InChI=1S/C36H36N2O5/c39-22-7-23-42-32-18-16-31(17-19-32)34-37-36(26-27-8-3-1-4-9-27,35(40)38-20-24-41-25-21-38)33(43-34)30-14-12-29(13-15-30)28-10-5-2-6-11-28/h1-6,8-19,33,39H,7,20-26H2/t33-,36-/m1/s1. The van der Waals surface area contributed by atoms with Crippen molar-refractivity contribution < 1.29 is 24.1 Å². The summed E-state index contributed by atoms with van der Waals surface area (Å²) in [6.45, 7) is 2.54. The van der Waals surface area contributed by atoms with Gasteiger partial charge in [0.05, 0.1) is 19.8 Å². The number of carbonyl (C=O) groups excluding carboxylic acids is 1. The van der Waals surface area contributed by atoms with E-state index in [1.54, 1.807) is 0 Å². The Labute approximate surface area is 252 Å². The monoisotopic (exact) mass is 576 g/mol. The minimum absolute atomic E-state index is 0.0595. The topological polar surface area (TPSA) is 80.6 Å².